The lowest BCUT2D eigenvalue weighted by molar-refractivity contribution is -0.140. The number of nitrogens with one attached hydrogen (secondary N) is 1. The van der Waals surface area contributed by atoms with E-state index in [1.165, 1.54) is 0 Å². The van der Waals surface area contributed by atoms with E-state index in [-0.39, 0.29) is 18.7 Å². The van der Waals surface area contributed by atoms with Crippen LogP contribution in [0.25, 0.3) is 11.3 Å². The standard InChI is InChI=1S/C18H19ClN2O4/c19-13-5-2-1-4-12(13)14-11-20-16(25-14)7-6-15(22)21-18(8-3-9-18)10-17(23)24/h1-2,4-5,11H,3,6-10H2,(H,21,22)(H,23,24). The Morgan fingerprint density at radius 3 is 2.72 bits per heavy atom. The van der Waals surface area contributed by atoms with Gasteiger partial charge in [-0.05, 0) is 31.4 Å². The number of benzene rings is 1. The highest BCUT2D eigenvalue weighted by Gasteiger charge is 2.40. The smallest absolute Gasteiger partial charge is 0.305 e. The van der Waals surface area contributed by atoms with Crippen molar-refractivity contribution >= 4 is 23.5 Å². The van der Waals surface area contributed by atoms with Gasteiger partial charge in [-0.25, -0.2) is 4.98 Å². The molecule has 2 aromatic rings. The van der Waals surface area contributed by atoms with Crippen LogP contribution < -0.4 is 5.32 Å². The summed E-state index contributed by atoms with van der Waals surface area (Å²) in [4.78, 5) is 27.3. The summed E-state index contributed by atoms with van der Waals surface area (Å²) in [5.41, 5.74) is 0.171. The molecule has 1 aromatic carbocycles. The van der Waals surface area contributed by atoms with Crippen LogP contribution in [0.3, 0.4) is 0 Å². The molecule has 132 valence electrons. The van der Waals surface area contributed by atoms with E-state index in [0.717, 1.165) is 12.0 Å². The fraction of sp³-hybridized carbons (Fsp3) is 0.389. The number of aromatic nitrogens is 1. The molecule has 0 aliphatic heterocycles. The molecule has 2 N–H and O–H groups in total. The molecular weight excluding hydrogens is 344 g/mol. The van der Waals surface area contributed by atoms with Gasteiger partial charge in [-0.1, -0.05) is 23.7 Å². The minimum atomic E-state index is -0.892. The summed E-state index contributed by atoms with van der Waals surface area (Å²) in [6, 6.07) is 7.30. The average molecular weight is 363 g/mol. The van der Waals surface area contributed by atoms with Crippen LogP contribution in [-0.2, 0) is 16.0 Å². The number of halogens is 1. The van der Waals surface area contributed by atoms with Gasteiger partial charge in [-0.15, -0.1) is 0 Å². The Bertz CT molecular complexity index is 783. The predicted octanol–water partition coefficient (Wildman–Crippen LogP) is 3.44. The fourth-order valence-electron chi connectivity index (χ4n) is 3.03. The number of carbonyl (C=O) groups is 2. The molecule has 6 nitrogen and oxygen atoms in total. The van der Waals surface area contributed by atoms with Crippen LogP contribution in [0, 0.1) is 0 Å². The van der Waals surface area contributed by atoms with Crippen molar-refractivity contribution in [1.82, 2.24) is 10.3 Å². The Morgan fingerprint density at radius 1 is 1.32 bits per heavy atom. The normalized spacial score (nSPS) is 15.4. The molecule has 0 unspecified atom stereocenters. The van der Waals surface area contributed by atoms with Crippen LogP contribution in [0.4, 0.5) is 0 Å². The number of carboxylic acid groups (broad SMARTS) is 1. The van der Waals surface area contributed by atoms with E-state index in [4.69, 9.17) is 21.1 Å². The van der Waals surface area contributed by atoms with E-state index < -0.39 is 11.5 Å². The van der Waals surface area contributed by atoms with Crippen LogP contribution >= 0.6 is 11.6 Å². The summed E-state index contributed by atoms with van der Waals surface area (Å²) < 4.78 is 5.67. The Balaban J connectivity index is 1.56. The molecule has 1 fully saturated rings. The second kappa shape index (κ2) is 7.27. The molecule has 0 radical (unpaired) electrons. The highest BCUT2D eigenvalue weighted by molar-refractivity contribution is 6.33. The summed E-state index contributed by atoms with van der Waals surface area (Å²) in [5, 5.41) is 12.4. The molecular formula is C18H19ClN2O4. The van der Waals surface area contributed by atoms with Gasteiger partial charge in [0.05, 0.1) is 23.2 Å². The predicted molar refractivity (Wildman–Crippen MR) is 92.2 cm³/mol. The first-order valence-corrected chi connectivity index (χ1v) is 8.58. The maximum Gasteiger partial charge on any atom is 0.305 e. The highest BCUT2D eigenvalue weighted by Crippen LogP contribution is 2.35. The largest absolute Gasteiger partial charge is 0.481 e. The van der Waals surface area contributed by atoms with Crippen LogP contribution in [0.15, 0.2) is 34.9 Å². The average Bonchev–Trinajstić information content (AvgIpc) is 2.99. The van der Waals surface area contributed by atoms with Gasteiger partial charge in [0, 0.05) is 18.4 Å². The molecule has 1 amide bonds. The van der Waals surface area contributed by atoms with Crippen molar-refractivity contribution in [1.29, 1.82) is 0 Å². The molecule has 0 atom stereocenters. The van der Waals surface area contributed by atoms with Crippen LogP contribution in [-0.4, -0.2) is 27.5 Å². The summed E-state index contributed by atoms with van der Waals surface area (Å²) in [7, 11) is 0. The number of oxazole rings is 1. The van der Waals surface area contributed by atoms with Gasteiger partial charge in [-0.3, -0.25) is 9.59 Å². The van der Waals surface area contributed by atoms with Gasteiger partial charge in [-0.2, -0.15) is 0 Å². The third kappa shape index (κ3) is 4.20. The molecule has 0 saturated heterocycles. The summed E-state index contributed by atoms with van der Waals surface area (Å²) in [6.07, 6.45) is 4.46. The maximum atomic E-state index is 12.1. The van der Waals surface area contributed by atoms with Crippen molar-refractivity contribution in [2.75, 3.05) is 0 Å². The SMILES string of the molecule is O=C(O)CC1(NC(=O)CCc2ncc(-c3ccccc3Cl)o2)CCC1. The number of hydrogen-bond acceptors (Lipinski definition) is 4. The highest BCUT2D eigenvalue weighted by atomic mass is 35.5. The maximum absolute atomic E-state index is 12.1. The van der Waals surface area contributed by atoms with Gasteiger partial charge in [0.15, 0.2) is 11.7 Å². The molecule has 1 aromatic heterocycles. The number of hydrogen-bond donors (Lipinski definition) is 2. The van der Waals surface area contributed by atoms with E-state index in [9.17, 15) is 9.59 Å². The minimum absolute atomic E-state index is 0.0333. The first-order chi connectivity index (χ1) is 12.0. The van der Waals surface area contributed by atoms with Crippen LogP contribution in [0.2, 0.25) is 5.02 Å². The number of rotatable bonds is 7. The number of nitrogens with zero attached hydrogens (tertiary/aromatic N) is 1. The van der Waals surface area contributed by atoms with Gasteiger partial charge < -0.3 is 14.8 Å². The molecule has 7 heteroatoms. The Morgan fingerprint density at radius 2 is 2.08 bits per heavy atom. The van der Waals surface area contributed by atoms with E-state index in [2.05, 4.69) is 10.3 Å². The van der Waals surface area contributed by atoms with Crippen molar-refractivity contribution < 1.29 is 19.1 Å². The molecule has 0 spiro atoms. The number of aryl methyl sites for hydroxylation is 1. The Kier molecular flexibility index (Phi) is 5.08. The van der Waals surface area contributed by atoms with Crippen LogP contribution in [0.1, 0.15) is 38.0 Å². The third-order valence-electron chi connectivity index (χ3n) is 4.46. The molecule has 1 aliphatic rings. The second-order valence-corrected chi connectivity index (χ2v) is 6.76. The molecule has 3 rings (SSSR count). The van der Waals surface area contributed by atoms with Gasteiger partial charge in [0.25, 0.3) is 0 Å². The monoisotopic (exact) mass is 362 g/mol. The van der Waals surface area contributed by atoms with Crippen molar-refractivity contribution in [2.45, 2.75) is 44.1 Å². The molecule has 1 heterocycles. The van der Waals surface area contributed by atoms with Crippen molar-refractivity contribution in [3.63, 3.8) is 0 Å². The van der Waals surface area contributed by atoms with E-state index >= 15 is 0 Å². The van der Waals surface area contributed by atoms with Crippen LogP contribution in [0.5, 0.6) is 0 Å². The summed E-state index contributed by atoms with van der Waals surface area (Å²) in [6.45, 7) is 0. The zero-order valence-electron chi connectivity index (χ0n) is 13.6. The van der Waals surface area contributed by atoms with Crippen molar-refractivity contribution in [3.05, 3.63) is 41.4 Å². The van der Waals surface area contributed by atoms with E-state index in [1.807, 2.05) is 18.2 Å². The zero-order valence-corrected chi connectivity index (χ0v) is 14.4. The first kappa shape index (κ1) is 17.5. The summed E-state index contributed by atoms with van der Waals surface area (Å²) in [5.74, 6) is -0.0659. The molecule has 25 heavy (non-hydrogen) atoms. The lowest BCUT2D eigenvalue weighted by atomic mass is 9.74. The minimum Gasteiger partial charge on any atom is -0.481 e. The molecule has 1 aliphatic carbocycles. The lowest BCUT2D eigenvalue weighted by Crippen LogP contribution is -2.54. The van der Waals surface area contributed by atoms with Gasteiger partial charge >= 0.3 is 5.97 Å². The number of carbonyl (C=O) groups excluding carboxylic acids is 1. The second-order valence-electron chi connectivity index (χ2n) is 6.35. The number of aliphatic carboxylic acids is 1. The number of amides is 1. The zero-order chi connectivity index (χ0) is 17.9. The summed E-state index contributed by atoms with van der Waals surface area (Å²) >= 11 is 6.13. The Labute approximate surface area is 150 Å². The first-order valence-electron chi connectivity index (χ1n) is 8.20. The fourth-order valence-corrected chi connectivity index (χ4v) is 3.26. The van der Waals surface area contributed by atoms with E-state index in [1.54, 1.807) is 12.3 Å². The van der Waals surface area contributed by atoms with Gasteiger partial charge in [0.1, 0.15) is 0 Å². The van der Waals surface area contributed by atoms with Gasteiger partial charge in [0.2, 0.25) is 5.91 Å². The quantitative estimate of drug-likeness (QED) is 0.787. The lowest BCUT2D eigenvalue weighted by Gasteiger charge is -2.41. The Hall–Kier alpha value is -2.34. The number of carboxylic acids is 1. The topological polar surface area (TPSA) is 92.4 Å². The molecule has 0 bridgehead atoms. The van der Waals surface area contributed by atoms with E-state index in [0.29, 0.717) is 35.9 Å². The third-order valence-corrected chi connectivity index (χ3v) is 4.79. The molecule has 1 saturated carbocycles. The van der Waals surface area contributed by atoms with Crippen molar-refractivity contribution in [3.8, 4) is 11.3 Å². The van der Waals surface area contributed by atoms with Crippen molar-refractivity contribution in [2.24, 2.45) is 0 Å².